The van der Waals surface area contributed by atoms with Gasteiger partial charge in [-0.1, -0.05) is 6.92 Å². The summed E-state index contributed by atoms with van der Waals surface area (Å²) in [6.07, 6.45) is 0.306. The summed E-state index contributed by atoms with van der Waals surface area (Å²) in [7, 11) is -7.10. The lowest BCUT2D eigenvalue weighted by Crippen LogP contribution is -2.40. The number of aryl methyl sites for hydroxylation is 1. The van der Waals surface area contributed by atoms with E-state index >= 15 is 0 Å². The highest BCUT2D eigenvalue weighted by atomic mass is 32.2. The lowest BCUT2D eigenvalue weighted by Gasteiger charge is -2.24. The Morgan fingerprint density at radius 3 is 2.60 bits per heavy atom. The topological polar surface area (TPSA) is 113 Å². The molecule has 138 valence electrons. The fourth-order valence-electron chi connectivity index (χ4n) is 3.05. The SMILES string of the molecule is CCN(C1CCS(=O)(=O)C1)S(=O)(=O)c1ccc(-c2n[nH]c(C)c2C)o1. The van der Waals surface area contributed by atoms with Crippen LogP contribution in [0.4, 0.5) is 0 Å². The van der Waals surface area contributed by atoms with Gasteiger partial charge in [0.25, 0.3) is 10.0 Å². The largest absolute Gasteiger partial charge is 0.442 e. The fraction of sp³-hybridized carbons (Fsp3) is 0.533. The Morgan fingerprint density at radius 1 is 1.36 bits per heavy atom. The van der Waals surface area contributed by atoms with E-state index in [4.69, 9.17) is 4.42 Å². The van der Waals surface area contributed by atoms with E-state index in [2.05, 4.69) is 10.2 Å². The highest BCUT2D eigenvalue weighted by Crippen LogP contribution is 2.30. The van der Waals surface area contributed by atoms with Crippen LogP contribution in [0.5, 0.6) is 0 Å². The van der Waals surface area contributed by atoms with Gasteiger partial charge in [0.05, 0.1) is 11.5 Å². The third-order valence-electron chi connectivity index (χ3n) is 4.56. The van der Waals surface area contributed by atoms with Gasteiger partial charge in [-0.25, -0.2) is 16.8 Å². The highest BCUT2D eigenvalue weighted by Gasteiger charge is 2.39. The van der Waals surface area contributed by atoms with Crippen LogP contribution in [0.3, 0.4) is 0 Å². The summed E-state index contributed by atoms with van der Waals surface area (Å²) in [5, 5.41) is 6.77. The molecular weight excluding hydrogens is 366 g/mol. The molecule has 1 N–H and O–H groups in total. The number of H-pyrrole nitrogens is 1. The van der Waals surface area contributed by atoms with Crippen molar-refractivity contribution in [2.45, 2.75) is 38.3 Å². The summed E-state index contributed by atoms with van der Waals surface area (Å²) in [5.74, 6) is 0.222. The van der Waals surface area contributed by atoms with E-state index in [1.54, 1.807) is 13.0 Å². The molecule has 1 unspecified atom stereocenters. The van der Waals surface area contributed by atoms with Crippen molar-refractivity contribution in [1.29, 1.82) is 0 Å². The quantitative estimate of drug-likeness (QED) is 0.831. The van der Waals surface area contributed by atoms with E-state index in [0.29, 0.717) is 17.9 Å². The van der Waals surface area contributed by atoms with Gasteiger partial charge in [-0.15, -0.1) is 0 Å². The molecule has 0 aliphatic carbocycles. The van der Waals surface area contributed by atoms with Gasteiger partial charge in [-0.2, -0.15) is 9.40 Å². The first-order chi connectivity index (χ1) is 11.7. The molecule has 1 atom stereocenters. The van der Waals surface area contributed by atoms with E-state index in [9.17, 15) is 16.8 Å². The Kier molecular flexibility index (Phi) is 4.54. The van der Waals surface area contributed by atoms with Gasteiger partial charge in [-0.05, 0) is 32.4 Å². The molecule has 25 heavy (non-hydrogen) atoms. The molecule has 3 rings (SSSR count). The summed E-state index contributed by atoms with van der Waals surface area (Å²) in [4.78, 5) is 0. The minimum atomic E-state index is -3.91. The summed E-state index contributed by atoms with van der Waals surface area (Å²) >= 11 is 0. The third kappa shape index (κ3) is 3.25. The number of aromatic nitrogens is 2. The molecule has 1 saturated heterocycles. The molecule has 1 aliphatic rings. The first-order valence-corrected chi connectivity index (χ1v) is 11.3. The zero-order valence-corrected chi connectivity index (χ0v) is 15.9. The number of furan rings is 1. The van der Waals surface area contributed by atoms with Gasteiger partial charge < -0.3 is 4.42 Å². The van der Waals surface area contributed by atoms with Gasteiger partial charge in [0.2, 0.25) is 5.09 Å². The average Bonchev–Trinajstić information content (AvgIpc) is 3.21. The molecule has 0 saturated carbocycles. The van der Waals surface area contributed by atoms with Gasteiger partial charge in [0, 0.05) is 23.8 Å². The van der Waals surface area contributed by atoms with Crippen molar-refractivity contribution in [2.75, 3.05) is 18.1 Å². The number of nitrogens with zero attached hydrogens (tertiary/aromatic N) is 2. The lowest BCUT2D eigenvalue weighted by molar-refractivity contribution is 0.338. The van der Waals surface area contributed by atoms with Crippen molar-refractivity contribution in [3.05, 3.63) is 23.4 Å². The molecule has 0 amide bonds. The number of sulfonamides is 1. The minimum Gasteiger partial charge on any atom is -0.442 e. The van der Waals surface area contributed by atoms with Crippen LogP contribution >= 0.6 is 0 Å². The van der Waals surface area contributed by atoms with Gasteiger partial charge in [0.15, 0.2) is 15.6 Å². The lowest BCUT2D eigenvalue weighted by atomic mass is 10.2. The standard InChI is InChI=1S/C15H21N3O5S2/c1-4-18(12-7-8-24(19,20)9-12)25(21,22)14-6-5-13(23-14)15-10(2)11(3)16-17-15/h5-6,12H,4,7-9H2,1-3H3,(H,16,17). The first-order valence-electron chi connectivity index (χ1n) is 7.99. The number of aromatic amines is 1. The molecule has 1 fully saturated rings. The number of hydrogen-bond acceptors (Lipinski definition) is 6. The molecule has 0 spiro atoms. The molecule has 10 heteroatoms. The molecule has 2 aromatic heterocycles. The Labute approximate surface area is 147 Å². The molecule has 2 aromatic rings. The van der Waals surface area contributed by atoms with Crippen LogP contribution in [-0.2, 0) is 19.9 Å². The summed E-state index contributed by atoms with van der Waals surface area (Å²) in [6.45, 7) is 5.60. The number of sulfone groups is 1. The summed E-state index contributed by atoms with van der Waals surface area (Å²) in [5.41, 5.74) is 2.32. The maximum atomic E-state index is 12.9. The summed E-state index contributed by atoms with van der Waals surface area (Å²) in [6, 6.07) is 2.40. The fourth-order valence-corrected chi connectivity index (χ4v) is 6.46. The zero-order valence-electron chi connectivity index (χ0n) is 14.3. The number of nitrogens with one attached hydrogen (secondary N) is 1. The molecule has 0 bridgehead atoms. The molecule has 1 aliphatic heterocycles. The van der Waals surface area contributed by atoms with Crippen LogP contribution in [0, 0.1) is 13.8 Å². The maximum Gasteiger partial charge on any atom is 0.276 e. The molecular formula is C15H21N3O5S2. The second-order valence-electron chi connectivity index (χ2n) is 6.21. The van der Waals surface area contributed by atoms with E-state index in [1.807, 2.05) is 13.8 Å². The van der Waals surface area contributed by atoms with Crippen LogP contribution in [0.1, 0.15) is 24.6 Å². The molecule has 0 radical (unpaired) electrons. The second kappa shape index (κ2) is 6.26. The number of rotatable bonds is 5. The molecule has 8 nitrogen and oxygen atoms in total. The Morgan fingerprint density at radius 2 is 2.08 bits per heavy atom. The van der Waals surface area contributed by atoms with Crippen molar-refractivity contribution < 1.29 is 21.3 Å². The highest BCUT2D eigenvalue weighted by molar-refractivity contribution is 7.92. The number of hydrogen-bond donors (Lipinski definition) is 1. The normalized spacial score (nSPS) is 20.4. The van der Waals surface area contributed by atoms with Crippen LogP contribution in [0.25, 0.3) is 11.5 Å². The third-order valence-corrected chi connectivity index (χ3v) is 8.21. The van der Waals surface area contributed by atoms with Crippen molar-refractivity contribution in [1.82, 2.24) is 14.5 Å². The van der Waals surface area contributed by atoms with E-state index < -0.39 is 25.9 Å². The van der Waals surface area contributed by atoms with Gasteiger partial charge >= 0.3 is 0 Å². The maximum absolute atomic E-state index is 12.9. The second-order valence-corrected chi connectivity index (χ2v) is 10.3. The minimum absolute atomic E-state index is 0.0127. The van der Waals surface area contributed by atoms with Gasteiger partial charge in [-0.3, -0.25) is 5.10 Å². The van der Waals surface area contributed by atoms with Crippen LogP contribution in [0.2, 0.25) is 0 Å². The molecule has 3 heterocycles. The van der Waals surface area contributed by atoms with Crippen LogP contribution < -0.4 is 0 Å². The zero-order chi connectivity index (χ0) is 18.4. The predicted octanol–water partition coefficient (Wildman–Crippen LogP) is 1.48. The Hall–Kier alpha value is -1.65. The predicted molar refractivity (Wildman–Crippen MR) is 92.4 cm³/mol. The van der Waals surface area contributed by atoms with Crippen LogP contribution in [-0.4, -0.2) is 55.4 Å². The Balaban J connectivity index is 1.93. The average molecular weight is 387 g/mol. The van der Waals surface area contributed by atoms with Gasteiger partial charge in [0.1, 0.15) is 5.69 Å². The smallest absolute Gasteiger partial charge is 0.276 e. The van der Waals surface area contributed by atoms with Crippen molar-refractivity contribution in [3.63, 3.8) is 0 Å². The monoisotopic (exact) mass is 387 g/mol. The van der Waals surface area contributed by atoms with Crippen LogP contribution in [0.15, 0.2) is 21.6 Å². The van der Waals surface area contributed by atoms with E-state index in [-0.39, 0.29) is 23.1 Å². The van der Waals surface area contributed by atoms with Crippen molar-refractivity contribution in [3.8, 4) is 11.5 Å². The Bertz CT molecular complexity index is 988. The van der Waals surface area contributed by atoms with E-state index in [1.165, 1.54) is 10.4 Å². The molecule has 0 aromatic carbocycles. The van der Waals surface area contributed by atoms with Crippen molar-refractivity contribution >= 4 is 19.9 Å². The van der Waals surface area contributed by atoms with Crippen molar-refractivity contribution in [2.24, 2.45) is 0 Å². The van der Waals surface area contributed by atoms with E-state index in [0.717, 1.165) is 11.3 Å². The first kappa shape index (κ1) is 18.2. The summed E-state index contributed by atoms with van der Waals surface area (Å²) < 4.78 is 56.0.